The molecule has 3 heterocycles. The maximum atomic E-state index is 13.7. The van der Waals surface area contributed by atoms with Gasteiger partial charge in [-0.3, -0.25) is 4.79 Å². The summed E-state index contributed by atoms with van der Waals surface area (Å²) in [4.78, 5) is 35.8. The van der Waals surface area contributed by atoms with Crippen molar-refractivity contribution in [2.24, 2.45) is 16.8 Å². The molecule has 1 saturated carbocycles. The summed E-state index contributed by atoms with van der Waals surface area (Å²) in [6.07, 6.45) is 2.70. The van der Waals surface area contributed by atoms with Gasteiger partial charge in [-0.2, -0.15) is 0 Å². The second kappa shape index (κ2) is 6.86. The van der Waals surface area contributed by atoms with Gasteiger partial charge in [-0.05, 0) is 18.9 Å². The molecule has 2 fully saturated rings. The van der Waals surface area contributed by atoms with Crippen molar-refractivity contribution in [1.29, 1.82) is 0 Å². The van der Waals surface area contributed by atoms with E-state index in [2.05, 4.69) is 10.1 Å². The number of nitrogens with zero attached hydrogens (tertiary/aromatic N) is 4. The molecule has 1 aliphatic heterocycles. The molecule has 2 aromatic rings. The van der Waals surface area contributed by atoms with Crippen molar-refractivity contribution in [3.05, 3.63) is 33.9 Å². The lowest BCUT2D eigenvalue weighted by atomic mass is 10.1. The van der Waals surface area contributed by atoms with Crippen molar-refractivity contribution in [2.45, 2.75) is 18.9 Å². The van der Waals surface area contributed by atoms with E-state index >= 15 is 0 Å². The molecule has 0 bridgehead atoms. The first kappa shape index (κ1) is 18.4. The molecule has 1 saturated heterocycles. The highest BCUT2D eigenvalue weighted by molar-refractivity contribution is 6.01. The second-order valence-corrected chi connectivity index (χ2v) is 7.04. The fraction of sp³-hybridized carbons (Fsp3) is 0.444. The molecular weight excluding hydrogens is 369 g/mol. The van der Waals surface area contributed by atoms with Gasteiger partial charge in [0.2, 0.25) is 5.43 Å². The number of halogens is 1. The van der Waals surface area contributed by atoms with Gasteiger partial charge in [0.15, 0.2) is 0 Å². The number of hydrogen-bond acceptors (Lipinski definition) is 7. The molecule has 0 amide bonds. The number of rotatable bonds is 5. The number of nitrogens with two attached hydrogens (primary N) is 1. The van der Waals surface area contributed by atoms with Gasteiger partial charge in [0.1, 0.15) is 30.0 Å². The van der Waals surface area contributed by atoms with E-state index in [-0.39, 0.29) is 40.9 Å². The number of pyridine rings is 2. The highest BCUT2D eigenvalue weighted by Crippen LogP contribution is 2.41. The fourth-order valence-electron chi connectivity index (χ4n) is 3.78. The van der Waals surface area contributed by atoms with Crippen LogP contribution in [0.15, 0.2) is 22.2 Å². The topological polar surface area (TPSA) is 123 Å². The third-order valence-corrected chi connectivity index (χ3v) is 5.17. The Morgan fingerprint density at radius 2 is 2.25 bits per heavy atom. The van der Waals surface area contributed by atoms with Crippen LogP contribution in [0.25, 0.3) is 11.0 Å². The molecule has 28 heavy (non-hydrogen) atoms. The summed E-state index contributed by atoms with van der Waals surface area (Å²) in [6, 6.07) is 1.05. The first-order valence-electron chi connectivity index (χ1n) is 8.98. The molecule has 1 unspecified atom stereocenters. The van der Waals surface area contributed by atoms with Crippen molar-refractivity contribution in [2.75, 3.05) is 31.6 Å². The van der Waals surface area contributed by atoms with E-state index in [9.17, 15) is 19.1 Å². The maximum absolute atomic E-state index is 13.7. The normalized spacial score (nSPS) is 20.9. The highest BCUT2D eigenvalue weighted by atomic mass is 19.1. The van der Waals surface area contributed by atoms with Crippen LogP contribution in [-0.2, 0) is 4.84 Å². The summed E-state index contributed by atoms with van der Waals surface area (Å²) < 4.78 is 15.5. The van der Waals surface area contributed by atoms with Crippen LogP contribution in [0.2, 0.25) is 0 Å². The van der Waals surface area contributed by atoms with Gasteiger partial charge in [-0.25, -0.2) is 14.2 Å². The van der Waals surface area contributed by atoms with Crippen molar-refractivity contribution in [3.8, 4) is 0 Å². The first-order chi connectivity index (χ1) is 13.5. The Bertz CT molecular complexity index is 1050. The van der Waals surface area contributed by atoms with Gasteiger partial charge in [0, 0.05) is 25.0 Å². The molecule has 148 valence electrons. The Balaban J connectivity index is 2.00. The summed E-state index contributed by atoms with van der Waals surface area (Å²) >= 11 is 0. The Hall–Kier alpha value is -3.01. The van der Waals surface area contributed by atoms with Crippen LogP contribution in [0, 0.1) is 11.7 Å². The second-order valence-electron chi connectivity index (χ2n) is 7.04. The molecule has 2 aliphatic rings. The Morgan fingerprint density at radius 3 is 2.86 bits per heavy atom. The number of carboxylic acids is 1. The minimum atomic E-state index is -1.36. The lowest BCUT2D eigenvalue weighted by molar-refractivity contribution is 0.0695. The predicted octanol–water partition coefficient (Wildman–Crippen LogP) is 0.966. The number of hydrogen-bond donors (Lipinski definition) is 2. The lowest BCUT2D eigenvalue weighted by Gasteiger charge is -2.26. The summed E-state index contributed by atoms with van der Waals surface area (Å²) in [5.41, 5.74) is 5.67. The third kappa shape index (κ3) is 2.89. The SMILES string of the molecule is CO/N=C1/CN(c2c(C(=O)O)c(=O)c3cc(F)cnc3n2C2CC2)CC1CN. The van der Waals surface area contributed by atoms with Gasteiger partial charge < -0.3 is 25.1 Å². The highest BCUT2D eigenvalue weighted by Gasteiger charge is 2.38. The summed E-state index contributed by atoms with van der Waals surface area (Å²) in [6.45, 7) is 0.998. The minimum absolute atomic E-state index is 0.00824. The van der Waals surface area contributed by atoms with Gasteiger partial charge in [-0.1, -0.05) is 5.16 Å². The number of oxime groups is 1. The molecule has 3 N–H and O–H groups in total. The zero-order chi connectivity index (χ0) is 20.0. The summed E-state index contributed by atoms with van der Waals surface area (Å²) in [7, 11) is 1.43. The van der Waals surface area contributed by atoms with Crippen molar-refractivity contribution < 1.29 is 19.1 Å². The smallest absolute Gasteiger partial charge is 0.343 e. The van der Waals surface area contributed by atoms with Crippen LogP contribution in [0.5, 0.6) is 0 Å². The van der Waals surface area contributed by atoms with Crippen molar-refractivity contribution in [1.82, 2.24) is 9.55 Å². The van der Waals surface area contributed by atoms with E-state index in [1.165, 1.54) is 7.11 Å². The Kier molecular flexibility index (Phi) is 4.50. The van der Waals surface area contributed by atoms with Crippen LogP contribution in [0.4, 0.5) is 10.2 Å². The zero-order valence-corrected chi connectivity index (χ0v) is 15.3. The van der Waals surface area contributed by atoms with Crippen molar-refractivity contribution >= 4 is 28.5 Å². The quantitative estimate of drug-likeness (QED) is 0.730. The molecule has 1 aliphatic carbocycles. The van der Waals surface area contributed by atoms with Crippen molar-refractivity contribution in [3.63, 3.8) is 0 Å². The number of aromatic nitrogens is 2. The molecule has 1 atom stereocenters. The lowest BCUT2D eigenvalue weighted by Crippen LogP contribution is -2.32. The van der Waals surface area contributed by atoms with E-state index in [0.717, 1.165) is 25.1 Å². The van der Waals surface area contributed by atoms with Gasteiger partial charge in [-0.15, -0.1) is 0 Å². The average molecular weight is 389 g/mol. The number of carboxylic acid groups (broad SMARTS) is 1. The Morgan fingerprint density at radius 1 is 1.50 bits per heavy atom. The van der Waals surface area contributed by atoms with Crippen LogP contribution in [0.1, 0.15) is 29.2 Å². The maximum Gasteiger partial charge on any atom is 0.343 e. The largest absolute Gasteiger partial charge is 0.477 e. The molecule has 0 spiro atoms. The number of carbonyl (C=O) groups is 1. The Labute approximate surface area is 159 Å². The first-order valence-corrected chi connectivity index (χ1v) is 8.98. The summed E-state index contributed by atoms with van der Waals surface area (Å²) in [5, 5.41) is 13.8. The van der Waals surface area contributed by atoms with E-state index in [0.29, 0.717) is 18.8 Å². The van der Waals surface area contributed by atoms with E-state index in [1.807, 2.05) is 0 Å². The molecule has 10 heteroatoms. The predicted molar refractivity (Wildman–Crippen MR) is 100 cm³/mol. The van der Waals surface area contributed by atoms with Gasteiger partial charge in [0.05, 0.1) is 23.8 Å². The number of anilines is 1. The molecule has 4 rings (SSSR count). The van der Waals surface area contributed by atoms with Crippen LogP contribution >= 0.6 is 0 Å². The number of fused-ring (bicyclic) bond motifs is 1. The minimum Gasteiger partial charge on any atom is -0.477 e. The van der Waals surface area contributed by atoms with Crippen LogP contribution < -0.4 is 16.1 Å². The fourth-order valence-corrected chi connectivity index (χ4v) is 3.78. The van der Waals surface area contributed by atoms with E-state index < -0.39 is 17.2 Å². The van der Waals surface area contributed by atoms with Gasteiger partial charge >= 0.3 is 5.97 Å². The standard InChI is InChI=1S/C18H20FN5O4/c1-28-22-13-8-23(7-9(13)5-20)17-14(18(26)27)15(25)12-4-10(19)6-21-16(12)24(17)11-2-3-11/h4,6,9,11H,2-3,5,7-8,20H2,1H3,(H,26,27)/b22-13-. The summed E-state index contributed by atoms with van der Waals surface area (Å²) in [5.74, 6) is -1.90. The molecule has 0 radical (unpaired) electrons. The zero-order valence-electron chi connectivity index (χ0n) is 15.3. The van der Waals surface area contributed by atoms with Crippen LogP contribution in [0.3, 0.4) is 0 Å². The monoisotopic (exact) mass is 389 g/mol. The van der Waals surface area contributed by atoms with E-state index in [1.54, 1.807) is 9.47 Å². The van der Waals surface area contributed by atoms with E-state index in [4.69, 9.17) is 10.6 Å². The molecule has 2 aromatic heterocycles. The molecule has 0 aromatic carbocycles. The third-order valence-electron chi connectivity index (χ3n) is 5.17. The molecular formula is C18H20FN5O4. The van der Waals surface area contributed by atoms with Gasteiger partial charge in [0.25, 0.3) is 0 Å². The average Bonchev–Trinajstić information content (AvgIpc) is 3.42. The number of aromatic carboxylic acids is 1. The van der Waals surface area contributed by atoms with Crippen LogP contribution in [-0.4, -0.2) is 53.1 Å². The molecule has 9 nitrogen and oxygen atoms in total.